The van der Waals surface area contributed by atoms with E-state index in [9.17, 15) is 25.0 Å². The maximum atomic E-state index is 10.4. The van der Waals surface area contributed by atoms with Gasteiger partial charge in [-0.05, 0) is 9.77 Å². The molecule has 0 rings (SSSR count). The lowest BCUT2D eigenvalue weighted by Gasteiger charge is -1.98. The van der Waals surface area contributed by atoms with Crippen LogP contribution < -0.4 is 9.77 Å². The summed E-state index contributed by atoms with van der Waals surface area (Å²) in [6, 6.07) is 0. The molecule has 0 aliphatic carbocycles. The second-order valence-corrected chi connectivity index (χ2v) is 2.55. The molecule has 0 aliphatic rings. The van der Waals surface area contributed by atoms with E-state index in [1.807, 2.05) is 0 Å². The molecule has 0 amide bonds. The summed E-state index contributed by atoms with van der Waals surface area (Å²) < 4.78 is -1.76. The van der Waals surface area contributed by atoms with E-state index in [-0.39, 0.29) is 24.3 Å². The predicted molar refractivity (Wildman–Crippen MR) is 43.0 cm³/mol. The van der Waals surface area contributed by atoms with Gasteiger partial charge in [0.05, 0.1) is 0 Å². The van der Waals surface area contributed by atoms with Gasteiger partial charge in [0, 0.05) is 0 Å². The Morgan fingerprint density at radius 1 is 1.07 bits per heavy atom. The molecule has 0 bridgehead atoms. The second-order valence-electron chi connectivity index (χ2n) is 1.25. The number of carbonyl (C=O) groups excluding carboxylic acids is 1. The minimum atomic E-state index is -1.41. The first-order valence-electron chi connectivity index (χ1n) is 2.52. The van der Waals surface area contributed by atoms with Crippen molar-refractivity contribution in [2.75, 3.05) is 0 Å². The molecule has 0 saturated heterocycles. The summed E-state index contributed by atoms with van der Waals surface area (Å²) in [5.41, 5.74) is 0. The highest BCUT2D eigenvalue weighted by molar-refractivity contribution is 7.91. The minimum absolute atomic E-state index is 0.120. The fraction of sp³-hybridized carbons (Fsp3) is 0. The van der Waals surface area contributed by atoms with E-state index in [0.29, 0.717) is 0 Å². The Morgan fingerprint density at radius 2 is 1.43 bits per heavy atom. The van der Waals surface area contributed by atoms with Crippen LogP contribution in [0.3, 0.4) is 0 Å². The van der Waals surface area contributed by atoms with E-state index >= 15 is 0 Å². The second kappa shape index (κ2) is 7.13. The highest BCUT2D eigenvalue weighted by Gasteiger charge is 2.10. The lowest BCUT2D eigenvalue weighted by atomic mass is 11.4. The summed E-state index contributed by atoms with van der Waals surface area (Å²) in [6.45, 7) is 0. The third-order valence-electron chi connectivity index (χ3n) is 0.474. The molecule has 0 unspecified atom stereocenters. The molecule has 14 heavy (non-hydrogen) atoms. The Bertz CT molecular complexity index is 210. The van der Waals surface area contributed by atoms with Crippen LogP contribution in [-0.4, -0.2) is 14.8 Å². The minimum Gasteiger partial charge on any atom is -0.320 e. The van der Waals surface area contributed by atoms with Gasteiger partial charge in [-0.1, -0.05) is 0 Å². The van der Waals surface area contributed by atoms with Crippen LogP contribution in [0.25, 0.3) is 0 Å². The van der Waals surface area contributed by atoms with Crippen LogP contribution in [0.15, 0.2) is 0 Å². The molecule has 2 N–H and O–H groups in total. The molecule has 0 spiro atoms. The lowest BCUT2D eigenvalue weighted by molar-refractivity contribution is -0.289. The van der Waals surface area contributed by atoms with Crippen LogP contribution in [0, 0.1) is 20.2 Å². The highest BCUT2D eigenvalue weighted by Crippen LogP contribution is 1.95. The van der Waals surface area contributed by atoms with Gasteiger partial charge in [0.25, 0.3) is 0 Å². The van der Waals surface area contributed by atoms with Gasteiger partial charge in [-0.25, -0.2) is 20.2 Å². The van der Waals surface area contributed by atoms with Crippen molar-refractivity contribution in [3.05, 3.63) is 20.2 Å². The zero-order chi connectivity index (χ0) is 11.0. The summed E-state index contributed by atoms with van der Waals surface area (Å²) in [7, 11) is 0. The van der Waals surface area contributed by atoms with Gasteiger partial charge < -0.3 is 9.68 Å². The average molecular weight is 246 g/mol. The monoisotopic (exact) mass is 246 g/mol. The third-order valence-corrected chi connectivity index (χ3v) is 1.09. The van der Waals surface area contributed by atoms with E-state index < -0.39 is 14.8 Å². The zero-order valence-electron chi connectivity index (χ0n) is 6.07. The number of carbonyl (C=O) groups is 1. The van der Waals surface area contributed by atoms with Crippen molar-refractivity contribution in [3.8, 4) is 0 Å². The molecule has 0 heterocycles. The van der Waals surface area contributed by atoms with E-state index in [1.54, 1.807) is 9.77 Å². The molecule has 0 atom stereocenters. The van der Waals surface area contributed by atoms with Crippen molar-refractivity contribution < 1.29 is 23.1 Å². The van der Waals surface area contributed by atoms with Crippen molar-refractivity contribution in [3.63, 3.8) is 0 Å². The Balaban J connectivity index is 3.37. The first-order valence-corrected chi connectivity index (χ1v) is 4.07. The van der Waals surface area contributed by atoms with Gasteiger partial charge in [0.2, 0.25) is 0 Å². The van der Waals surface area contributed by atoms with Crippen LogP contribution in [0.1, 0.15) is 0 Å². The molecule has 0 radical (unpaired) electrons. The molecular weight excluding hydrogens is 244 g/mol. The molecule has 0 aromatic heterocycles. The smallest absolute Gasteiger partial charge is 0.320 e. The largest absolute Gasteiger partial charge is 0.549 e. The number of nitrogens with zero attached hydrogens (tertiary/aromatic N) is 2. The van der Waals surface area contributed by atoms with E-state index in [4.69, 9.17) is 0 Å². The van der Waals surface area contributed by atoms with Gasteiger partial charge in [-0.3, -0.25) is 0 Å². The van der Waals surface area contributed by atoms with E-state index in [2.05, 4.69) is 9.68 Å². The fourth-order valence-corrected chi connectivity index (χ4v) is 0.519. The summed E-state index contributed by atoms with van der Waals surface area (Å²) in [5, 5.41) is 19.3. The van der Waals surface area contributed by atoms with Crippen molar-refractivity contribution >= 4 is 30.4 Å². The quantitative estimate of drug-likeness (QED) is 0.365. The molecule has 13 heteroatoms. The standard InChI is InChI=1S/CH2N4O7S2/c6-1(11-2-13-4(7)8)12-3-14-5(9)10/h2-3H. The zero-order valence-corrected chi connectivity index (χ0v) is 7.70. The Kier molecular flexibility index (Phi) is 6.46. The van der Waals surface area contributed by atoms with Crippen LogP contribution in [0.5, 0.6) is 0 Å². The van der Waals surface area contributed by atoms with Crippen LogP contribution in [0.2, 0.25) is 0 Å². The van der Waals surface area contributed by atoms with Crippen LogP contribution in [-0.2, 0) is 9.68 Å². The lowest BCUT2D eigenvalue weighted by Crippen LogP contribution is -2.21. The number of hydrogen-bond acceptors (Lipinski definition) is 11. The Labute approximate surface area is 84.2 Å². The molecule has 0 fully saturated rings. The number of hydrogen-bond donors (Lipinski definition) is 2. The van der Waals surface area contributed by atoms with Crippen LogP contribution >= 0.6 is 24.3 Å². The molecule has 0 saturated carbocycles. The maximum absolute atomic E-state index is 10.4. The summed E-state index contributed by atoms with van der Waals surface area (Å²) in [6.07, 6.45) is -1.41. The van der Waals surface area contributed by atoms with Gasteiger partial charge >= 0.3 is 30.4 Å². The fourth-order valence-electron chi connectivity index (χ4n) is 0.187. The Morgan fingerprint density at radius 3 is 1.71 bits per heavy atom. The van der Waals surface area contributed by atoms with Crippen molar-refractivity contribution in [2.45, 2.75) is 0 Å². The number of rotatable bonds is 6. The molecule has 0 aliphatic heterocycles. The number of nitro groups is 2. The average Bonchev–Trinajstić information content (AvgIpc) is 2.02. The summed E-state index contributed by atoms with van der Waals surface area (Å²) >= 11 is -0.240. The normalized spacial score (nSPS) is 9.14. The third kappa shape index (κ3) is 8.78. The predicted octanol–water partition coefficient (Wildman–Crippen LogP) is -0.171. The van der Waals surface area contributed by atoms with Gasteiger partial charge in [0.15, 0.2) is 0 Å². The molecule has 11 nitrogen and oxygen atoms in total. The summed E-state index contributed by atoms with van der Waals surface area (Å²) in [5.74, 6) is 0. The summed E-state index contributed by atoms with van der Waals surface area (Å²) in [4.78, 5) is 40.4. The maximum Gasteiger partial charge on any atom is 0.549 e. The SMILES string of the molecule is O=C(ONS[N+](=O)[O-])ONS[N+](=O)[O-]. The first kappa shape index (κ1) is 12.7. The Hall–Kier alpha value is -1.31. The van der Waals surface area contributed by atoms with E-state index in [1.165, 1.54) is 0 Å². The van der Waals surface area contributed by atoms with Crippen LogP contribution in [0.4, 0.5) is 4.79 Å². The highest BCUT2D eigenvalue weighted by atomic mass is 32.2. The van der Waals surface area contributed by atoms with Gasteiger partial charge in [0.1, 0.15) is 8.66 Å². The van der Waals surface area contributed by atoms with Gasteiger partial charge in [-0.15, -0.1) is 0 Å². The molecule has 80 valence electrons. The van der Waals surface area contributed by atoms with Gasteiger partial charge in [-0.2, -0.15) is 4.79 Å². The molecular formula is CH2N4O7S2. The van der Waals surface area contributed by atoms with E-state index in [0.717, 1.165) is 0 Å². The molecule has 0 aromatic rings. The van der Waals surface area contributed by atoms with Crippen molar-refractivity contribution in [1.82, 2.24) is 9.77 Å². The topological polar surface area (TPSA) is 146 Å². The first-order chi connectivity index (χ1) is 6.52. The van der Waals surface area contributed by atoms with Crippen molar-refractivity contribution in [2.24, 2.45) is 0 Å². The number of nitrogens with one attached hydrogen (secondary N) is 2. The molecule has 0 aromatic carbocycles. The van der Waals surface area contributed by atoms with Crippen molar-refractivity contribution in [1.29, 1.82) is 0 Å².